The minimum Gasteiger partial charge on any atom is -0.507 e. The third-order valence-corrected chi connectivity index (χ3v) is 4.70. The van der Waals surface area contributed by atoms with Gasteiger partial charge in [0.15, 0.2) is 0 Å². The van der Waals surface area contributed by atoms with Crippen molar-refractivity contribution in [3.63, 3.8) is 0 Å². The van der Waals surface area contributed by atoms with Crippen LogP contribution in [0.3, 0.4) is 0 Å². The van der Waals surface area contributed by atoms with Gasteiger partial charge >= 0.3 is 5.97 Å². The molecule has 1 fully saturated rings. The minimum absolute atomic E-state index is 0.0757. The van der Waals surface area contributed by atoms with E-state index < -0.39 is 30.4 Å². The quantitative estimate of drug-likeness (QED) is 0.396. The van der Waals surface area contributed by atoms with E-state index in [2.05, 4.69) is 0 Å². The molecule has 0 saturated carbocycles. The number of phenolic OH excluding ortho intramolecular Hbond substituents is 1. The zero-order valence-electron chi connectivity index (χ0n) is 14.8. The van der Waals surface area contributed by atoms with Gasteiger partial charge in [-0.05, 0) is 25.8 Å². The molecule has 3 rings (SSSR count). The molecule has 1 aromatic rings. The maximum atomic E-state index is 12.6. The van der Waals surface area contributed by atoms with Crippen molar-refractivity contribution in [2.75, 3.05) is 7.11 Å². The number of epoxide rings is 1. The number of aliphatic hydroxyl groups excluding tert-OH is 2. The van der Waals surface area contributed by atoms with Crippen LogP contribution < -0.4 is 4.74 Å². The number of aromatic hydroxyl groups is 1. The first-order chi connectivity index (χ1) is 12.4. The van der Waals surface area contributed by atoms with Gasteiger partial charge in [0.25, 0.3) is 0 Å². The average molecular weight is 364 g/mol. The van der Waals surface area contributed by atoms with Crippen molar-refractivity contribution >= 4 is 5.97 Å². The molecule has 0 spiro atoms. The summed E-state index contributed by atoms with van der Waals surface area (Å²) >= 11 is 0. The van der Waals surface area contributed by atoms with Crippen molar-refractivity contribution in [2.45, 2.75) is 56.7 Å². The van der Waals surface area contributed by atoms with Crippen molar-refractivity contribution < 1.29 is 34.3 Å². The van der Waals surface area contributed by atoms with Crippen LogP contribution in [0.15, 0.2) is 24.3 Å². The van der Waals surface area contributed by atoms with Gasteiger partial charge in [-0.3, -0.25) is 0 Å². The van der Waals surface area contributed by atoms with Gasteiger partial charge in [0.05, 0.1) is 25.4 Å². The molecule has 5 atom stereocenters. The molecule has 0 bridgehead atoms. The maximum Gasteiger partial charge on any atom is 0.342 e. The number of carbonyl (C=O) groups is 1. The van der Waals surface area contributed by atoms with Crippen LogP contribution in [0.2, 0.25) is 0 Å². The molecule has 0 aliphatic carbocycles. The highest BCUT2D eigenvalue weighted by Gasteiger charge is 2.43. The summed E-state index contributed by atoms with van der Waals surface area (Å²) < 4.78 is 16.2. The van der Waals surface area contributed by atoms with Crippen molar-refractivity contribution in [1.29, 1.82) is 0 Å². The minimum atomic E-state index is -0.977. The van der Waals surface area contributed by atoms with Gasteiger partial charge in [-0.25, -0.2) is 4.79 Å². The smallest absolute Gasteiger partial charge is 0.342 e. The number of hydrogen-bond acceptors (Lipinski definition) is 7. The molecule has 0 radical (unpaired) electrons. The van der Waals surface area contributed by atoms with Crippen LogP contribution in [0.1, 0.15) is 48.2 Å². The Morgan fingerprint density at radius 3 is 2.73 bits per heavy atom. The lowest BCUT2D eigenvalue weighted by atomic mass is 9.98. The van der Waals surface area contributed by atoms with Crippen LogP contribution in [0, 0.1) is 0 Å². The SMILES string of the molecule is COc1cc(O)c2c(c1)[C@H]1O[C@@H]1CC[C@H](O)[C@@H](O)C=CC[C@H](C)OC2=O. The number of aliphatic hydroxyl groups is 2. The fourth-order valence-electron chi connectivity index (χ4n) is 3.16. The van der Waals surface area contributed by atoms with E-state index in [0.29, 0.717) is 30.6 Å². The van der Waals surface area contributed by atoms with Gasteiger partial charge in [0.1, 0.15) is 29.3 Å². The molecule has 0 amide bonds. The standard InChI is InChI=1S/C19H24O7/c1-10-4-3-5-13(20)14(21)6-7-16-18(26-16)12-8-11(24-2)9-15(22)17(12)19(23)25-10/h3,5,8-10,13-14,16,18,20-22H,4,6-7H2,1-2H3/t10-,13-,14-,16+,18+/m0/s1. The number of cyclic esters (lactones) is 1. The first-order valence-corrected chi connectivity index (χ1v) is 8.70. The topological polar surface area (TPSA) is 109 Å². The van der Waals surface area contributed by atoms with E-state index in [4.69, 9.17) is 14.2 Å². The zero-order valence-corrected chi connectivity index (χ0v) is 14.8. The molecule has 2 aliphatic rings. The highest BCUT2D eigenvalue weighted by Crippen LogP contribution is 2.46. The Kier molecular flexibility index (Phi) is 5.50. The van der Waals surface area contributed by atoms with E-state index in [9.17, 15) is 20.1 Å². The molecule has 2 heterocycles. The Hall–Kier alpha value is -2.09. The molecule has 0 aromatic heterocycles. The third kappa shape index (κ3) is 4.00. The molecular weight excluding hydrogens is 340 g/mol. The van der Waals surface area contributed by atoms with Crippen molar-refractivity contribution in [3.8, 4) is 11.5 Å². The monoisotopic (exact) mass is 364 g/mol. The van der Waals surface area contributed by atoms with Crippen molar-refractivity contribution in [3.05, 3.63) is 35.4 Å². The molecule has 0 unspecified atom stereocenters. The molecule has 1 saturated heterocycles. The summed E-state index contributed by atoms with van der Waals surface area (Å²) in [5, 5.41) is 30.3. The van der Waals surface area contributed by atoms with Crippen molar-refractivity contribution in [2.24, 2.45) is 0 Å². The summed E-state index contributed by atoms with van der Waals surface area (Å²) in [6, 6.07) is 3.02. The summed E-state index contributed by atoms with van der Waals surface area (Å²) in [6.45, 7) is 1.72. The lowest BCUT2D eigenvalue weighted by molar-refractivity contribution is 0.0332. The van der Waals surface area contributed by atoms with Crippen LogP contribution in [-0.2, 0) is 9.47 Å². The first kappa shape index (κ1) is 18.7. The number of benzene rings is 1. The first-order valence-electron chi connectivity index (χ1n) is 8.70. The lowest BCUT2D eigenvalue weighted by Gasteiger charge is -2.17. The Bertz CT molecular complexity index is 699. The molecule has 2 aliphatic heterocycles. The van der Waals surface area contributed by atoms with Gasteiger partial charge in [-0.1, -0.05) is 12.2 Å². The van der Waals surface area contributed by atoms with E-state index in [1.807, 2.05) is 0 Å². The van der Waals surface area contributed by atoms with Gasteiger partial charge in [-0.15, -0.1) is 0 Å². The van der Waals surface area contributed by atoms with Crippen LogP contribution in [0.5, 0.6) is 11.5 Å². The summed E-state index contributed by atoms with van der Waals surface area (Å²) in [6.07, 6.45) is 1.49. The Morgan fingerprint density at radius 1 is 1.23 bits per heavy atom. The summed E-state index contributed by atoms with van der Waals surface area (Å²) in [5.41, 5.74) is 0.582. The average Bonchev–Trinajstić information content (AvgIpc) is 3.37. The van der Waals surface area contributed by atoms with Crippen LogP contribution >= 0.6 is 0 Å². The Labute approximate surface area is 151 Å². The summed E-state index contributed by atoms with van der Waals surface area (Å²) in [4.78, 5) is 12.6. The Morgan fingerprint density at radius 2 is 2.00 bits per heavy atom. The highest BCUT2D eigenvalue weighted by atomic mass is 16.6. The number of hydrogen-bond donors (Lipinski definition) is 3. The second-order valence-corrected chi connectivity index (χ2v) is 6.72. The molecule has 142 valence electrons. The maximum absolute atomic E-state index is 12.6. The molecule has 1 aromatic carbocycles. The van der Waals surface area contributed by atoms with Gasteiger partial charge in [-0.2, -0.15) is 0 Å². The predicted octanol–water partition coefficient (Wildman–Crippen LogP) is 1.85. The number of methoxy groups -OCH3 is 1. The molecule has 7 nitrogen and oxygen atoms in total. The predicted molar refractivity (Wildman–Crippen MR) is 92.2 cm³/mol. The number of esters is 1. The third-order valence-electron chi connectivity index (χ3n) is 4.70. The second-order valence-electron chi connectivity index (χ2n) is 6.72. The van der Waals surface area contributed by atoms with E-state index >= 15 is 0 Å². The second kappa shape index (κ2) is 7.65. The van der Waals surface area contributed by atoms with Crippen molar-refractivity contribution in [1.82, 2.24) is 0 Å². The van der Waals surface area contributed by atoms with Crippen LogP contribution in [0.25, 0.3) is 0 Å². The summed E-state index contributed by atoms with van der Waals surface area (Å²) in [5.74, 6) is -0.437. The van der Waals surface area contributed by atoms with Crippen LogP contribution in [-0.4, -0.2) is 52.8 Å². The largest absolute Gasteiger partial charge is 0.507 e. The molecular formula is C19H24O7. The Balaban J connectivity index is 1.94. The number of phenols is 1. The van der Waals surface area contributed by atoms with E-state index in [1.165, 1.54) is 19.3 Å². The molecule has 7 heteroatoms. The normalized spacial score (nSPS) is 32.0. The highest BCUT2D eigenvalue weighted by molar-refractivity contribution is 5.95. The summed E-state index contributed by atoms with van der Waals surface area (Å²) in [7, 11) is 1.47. The molecule has 3 N–H and O–H groups in total. The van der Waals surface area contributed by atoms with Gasteiger partial charge < -0.3 is 29.5 Å². The van der Waals surface area contributed by atoms with Gasteiger partial charge in [0.2, 0.25) is 0 Å². The van der Waals surface area contributed by atoms with E-state index in [-0.39, 0.29) is 17.4 Å². The molecule has 26 heavy (non-hydrogen) atoms. The number of carbonyl (C=O) groups excluding carboxylic acids is 1. The lowest BCUT2D eigenvalue weighted by Crippen LogP contribution is -2.24. The zero-order chi connectivity index (χ0) is 18.8. The van der Waals surface area contributed by atoms with Gasteiger partial charge in [0, 0.05) is 18.1 Å². The fourth-order valence-corrected chi connectivity index (χ4v) is 3.16. The van der Waals surface area contributed by atoms with E-state index in [1.54, 1.807) is 19.1 Å². The fraction of sp³-hybridized carbons (Fsp3) is 0.526. The number of rotatable bonds is 1. The van der Waals surface area contributed by atoms with E-state index in [0.717, 1.165) is 0 Å². The van der Waals surface area contributed by atoms with Crippen LogP contribution in [0.4, 0.5) is 0 Å². The number of fused-ring (bicyclic) bond motifs is 3. The number of ether oxygens (including phenoxy) is 3.